The van der Waals surface area contributed by atoms with Crippen molar-refractivity contribution in [2.45, 2.75) is 32.0 Å². The van der Waals surface area contributed by atoms with E-state index in [1.54, 1.807) is 7.11 Å². The molecular weight excluding hydrogens is 434 g/mol. The van der Waals surface area contributed by atoms with Crippen LogP contribution < -0.4 is 4.74 Å². The standard InChI is InChI=1S/C31H31NO3/c1-23(25-13-7-4-8-14-25)32(22-24-11-5-3-6-12-24)30(21-31(33)34)28-17-9-15-26(19-28)27-16-10-18-29(20-27)35-2/h3-20,23,30H,21-22H2,1-2H3,(H,33,34)/t23-,30+/m1/s1. The van der Waals surface area contributed by atoms with Gasteiger partial charge in [0.25, 0.3) is 0 Å². The first-order valence-electron chi connectivity index (χ1n) is 11.9. The molecule has 4 nitrogen and oxygen atoms in total. The van der Waals surface area contributed by atoms with Crippen molar-refractivity contribution < 1.29 is 14.6 Å². The molecule has 0 aromatic heterocycles. The van der Waals surface area contributed by atoms with E-state index in [9.17, 15) is 9.90 Å². The number of hydrogen-bond donors (Lipinski definition) is 1. The van der Waals surface area contributed by atoms with Crippen molar-refractivity contribution in [3.63, 3.8) is 0 Å². The van der Waals surface area contributed by atoms with Crippen LogP contribution in [-0.2, 0) is 11.3 Å². The van der Waals surface area contributed by atoms with Gasteiger partial charge in [0.2, 0.25) is 0 Å². The van der Waals surface area contributed by atoms with Crippen LogP contribution in [0.3, 0.4) is 0 Å². The van der Waals surface area contributed by atoms with Crippen molar-refractivity contribution in [2.24, 2.45) is 0 Å². The third kappa shape index (κ3) is 6.17. The monoisotopic (exact) mass is 465 g/mol. The zero-order chi connectivity index (χ0) is 24.6. The second kappa shape index (κ2) is 11.5. The van der Waals surface area contributed by atoms with Crippen molar-refractivity contribution in [3.05, 3.63) is 126 Å². The fourth-order valence-electron chi connectivity index (χ4n) is 4.55. The quantitative estimate of drug-likeness (QED) is 0.270. The van der Waals surface area contributed by atoms with Crippen LogP contribution in [-0.4, -0.2) is 23.1 Å². The molecular formula is C31H31NO3. The van der Waals surface area contributed by atoms with E-state index in [1.807, 2.05) is 72.8 Å². The van der Waals surface area contributed by atoms with Crippen LogP contribution in [0.1, 0.15) is 42.1 Å². The minimum Gasteiger partial charge on any atom is -0.497 e. The van der Waals surface area contributed by atoms with Gasteiger partial charge >= 0.3 is 5.97 Å². The number of aliphatic carboxylic acids is 1. The SMILES string of the molecule is COc1cccc(-c2cccc([C@H](CC(=O)O)N(Cc3ccccc3)[C@H](C)c3ccccc3)c2)c1. The first-order valence-corrected chi connectivity index (χ1v) is 11.9. The maximum absolute atomic E-state index is 12.1. The number of hydrogen-bond acceptors (Lipinski definition) is 3. The van der Waals surface area contributed by atoms with Crippen LogP contribution in [0.25, 0.3) is 11.1 Å². The molecule has 0 spiro atoms. The lowest BCUT2D eigenvalue weighted by atomic mass is 9.94. The summed E-state index contributed by atoms with van der Waals surface area (Å²) in [5.41, 5.74) is 5.35. The summed E-state index contributed by atoms with van der Waals surface area (Å²) in [5, 5.41) is 9.92. The Morgan fingerprint density at radius 1 is 0.800 bits per heavy atom. The van der Waals surface area contributed by atoms with Crippen LogP contribution in [0.2, 0.25) is 0 Å². The number of carbonyl (C=O) groups is 1. The van der Waals surface area contributed by atoms with Gasteiger partial charge in [0.15, 0.2) is 0 Å². The van der Waals surface area contributed by atoms with E-state index in [4.69, 9.17) is 4.74 Å². The van der Waals surface area contributed by atoms with Gasteiger partial charge in [-0.3, -0.25) is 9.69 Å². The predicted octanol–water partition coefficient (Wildman–Crippen LogP) is 7.14. The van der Waals surface area contributed by atoms with Gasteiger partial charge in [0.05, 0.1) is 13.5 Å². The van der Waals surface area contributed by atoms with Crippen LogP contribution in [0.15, 0.2) is 109 Å². The van der Waals surface area contributed by atoms with Gasteiger partial charge in [-0.05, 0) is 52.9 Å². The lowest BCUT2D eigenvalue weighted by molar-refractivity contribution is -0.138. The third-order valence-corrected chi connectivity index (χ3v) is 6.43. The highest BCUT2D eigenvalue weighted by molar-refractivity contribution is 5.69. The average molecular weight is 466 g/mol. The second-order valence-corrected chi connectivity index (χ2v) is 8.72. The summed E-state index contributed by atoms with van der Waals surface area (Å²) >= 11 is 0. The van der Waals surface area contributed by atoms with Gasteiger partial charge < -0.3 is 9.84 Å². The average Bonchev–Trinajstić information content (AvgIpc) is 2.91. The molecule has 1 N–H and O–H groups in total. The van der Waals surface area contributed by atoms with Crippen LogP contribution >= 0.6 is 0 Å². The molecule has 4 rings (SSSR count). The van der Waals surface area contributed by atoms with E-state index >= 15 is 0 Å². The highest BCUT2D eigenvalue weighted by Crippen LogP contribution is 2.36. The molecule has 0 saturated heterocycles. The van der Waals surface area contributed by atoms with Gasteiger partial charge in [-0.25, -0.2) is 0 Å². The summed E-state index contributed by atoms with van der Waals surface area (Å²) in [6.07, 6.45) is 0.00553. The van der Waals surface area contributed by atoms with E-state index in [2.05, 4.69) is 48.2 Å². The lowest BCUT2D eigenvalue weighted by Gasteiger charge is -2.37. The molecule has 0 aliphatic carbocycles. The molecule has 178 valence electrons. The summed E-state index contributed by atoms with van der Waals surface area (Å²) in [6.45, 7) is 2.79. The van der Waals surface area contributed by atoms with Crippen LogP contribution in [0.4, 0.5) is 0 Å². The zero-order valence-corrected chi connectivity index (χ0v) is 20.2. The van der Waals surface area contributed by atoms with Gasteiger partial charge in [-0.1, -0.05) is 91.0 Å². The Morgan fingerprint density at radius 3 is 2.06 bits per heavy atom. The molecule has 0 bridgehead atoms. The van der Waals surface area contributed by atoms with E-state index in [0.29, 0.717) is 6.54 Å². The Morgan fingerprint density at radius 2 is 1.40 bits per heavy atom. The molecule has 0 fully saturated rings. The van der Waals surface area contributed by atoms with Gasteiger partial charge in [0.1, 0.15) is 5.75 Å². The maximum Gasteiger partial charge on any atom is 0.305 e. The zero-order valence-electron chi connectivity index (χ0n) is 20.2. The molecule has 0 unspecified atom stereocenters. The molecule has 4 aromatic rings. The normalized spacial score (nSPS) is 12.8. The predicted molar refractivity (Wildman–Crippen MR) is 140 cm³/mol. The number of benzene rings is 4. The minimum absolute atomic E-state index is 0.00553. The topological polar surface area (TPSA) is 49.8 Å². The first kappa shape index (κ1) is 24.2. The third-order valence-electron chi connectivity index (χ3n) is 6.43. The van der Waals surface area contributed by atoms with Gasteiger partial charge in [-0.15, -0.1) is 0 Å². The Bertz CT molecular complexity index is 1240. The second-order valence-electron chi connectivity index (χ2n) is 8.72. The van der Waals surface area contributed by atoms with E-state index in [1.165, 1.54) is 0 Å². The summed E-state index contributed by atoms with van der Waals surface area (Å²) < 4.78 is 5.41. The molecule has 2 atom stereocenters. The molecule has 0 aliphatic rings. The Labute approximate surface area is 207 Å². The van der Waals surface area contributed by atoms with Crippen LogP contribution in [0.5, 0.6) is 5.75 Å². The summed E-state index contributed by atoms with van der Waals surface area (Å²) in [5.74, 6) is -0.0292. The first-order chi connectivity index (χ1) is 17.0. The van der Waals surface area contributed by atoms with Crippen molar-refractivity contribution >= 4 is 5.97 Å². The highest BCUT2D eigenvalue weighted by Gasteiger charge is 2.28. The maximum atomic E-state index is 12.1. The van der Waals surface area contributed by atoms with Gasteiger partial charge in [-0.2, -0.15) is 0 Å². The summed E-state index contributed by atoms with van der Waals surface area (Å²) in [7, 11) is 1.66. The molecule has 0 saturated carbocycles. The molecule has 0 aliphatic heterocycles. The van der Waals surface area contributed by atoms with Crippen molar-refractivity contribution in [3.8, 4) is 16.9 Å². The fraction of sp³-hybridized carbons (Fsp3) is 0.194. The fourth-order valence-corrected chi connectivity index (χ4v) is 4.55. The van der Waals surface area contributed by atoms with E-state index < -0.39 is 5.97 Å². The molecule has 0 radical (unpaired) electrons. The number of methoxy groups -OCH3 is 1. The number of carboxylic acids is 1. The smallest absolute Gasteiger partial charge is 0.305 e. The van der Waals surface area contributed by atoms with E-state index in [0.717, 1.165) is 33.6 Å². The number of rotatable bonds is 10. The largest absolute Gasteiger partial charge is 0.497 e. The van der Waals surface area contributed by atoms with Crippen molar-refractivity contribution in [1.29, 1.82) is 0 Å². The van der Waals surface area contributed by atoms with Crippen molar-refractivity contribution in [1.82, 2.24) is 4.90 Å². The molecule has 35 heavy (non-hydrogen) atoms. The Hall–Kier alpha value is -3.89. The van der Waals surface area contributed by atoms with Gasteiger partial charge in [0, 0.05) is 18.6 Å². The number of ether oxygens (including phenoxy) is 1. The van der Waals surface area contributed by atoms with E-state index in [-0.39, 0.29) is 18.5 Å². The lowest BCUT2D eigenvalue weighted by Crippen LogP contribution is -2.32. The Balaban J connectivity index is 1.77. The van der Waals surface area contributed by atoms with Crippen molar-refractivity contribution in [2.75, 3.05) is 7.11 Å². The summed E-state index contributed by atoms with van der Waals surface area (Å²) in [4.78, 5) is 14.4. The Kier molecular flexibility index (Phi) is 7.96. The summed E-state index contributed by atoms with van der Waals surface area (Å²) in [6, 6.07) is 36.3. The highest BCUT2D eigenvalue weighted by atomic mass is 16.5. The molecule has 0 amide bonds. The van der Waals surface area contributed by atoms with Crippen LogP contribution in [0, 0.1) is 0 Å². The molecule has 0 heterocycles. The number of nitrogens with zero attached hydrogens (tertiary/aromatic N) is 1. The minimum atomic E-state index is -0.819. The molecule has 4 heteroatoms. The number of carboxylic acid groups (broad SMARTS) is 1. The molecule has 4 aromatic carbocycles.